The van der Waals surface area contributed by atoms with Gasteiger partial charge in [0.15, 0.2) is 11.6 Å². The second kappa shape index (κ2) is 7.13. The summed E-state index contributed by atoms with van der Waals surface area (Å²) < 4.78 is 0. The smallest absolute Gasteiger partial charge is 0.258 e. The number of carbonyl (C=O) groups excluding carboxylic acids is 2. The molecule has 0 amide bonds. The first-order valence-electron chi connectivity index (χ1n) is 6.04. The summed E-state index contributed by atoms with van der Waals surface area (Å²) in [6.07, 6.45) is 3.12. The molecule has 0 atom stereocenters. The minimum Gasteiger partial charge on any atom is -0.328 e. The van der Waals surface area contributed by atoms with Gasteiger partial charge in [0.05, 0.1) is 5.56 Å². The van der Waals surface area contributed by atoms with Crippen LogP contribution in [0.1, 0.15) is 40.3 Å². The summed E-state index contributed by atoms with van der Waals surface area (Å²) in [6, 6.07) is 6.82. The molecule has 0 aliphatic rings. The number of nitrogens with zero attached hydrogens (tertiary/aromatic N) is 1. The lowest BCUT2D eigenvalue weighted by atomic mass is 10.2. The third-order valence-corrected chi connectivity index (χ3v) is 2.54. The third-order valence-electron chi connectivity index (χ3n) is 2.54. The van der Waals surface area contributed by atoms with Crippen molar-refractivity contribution in [3.8, 4) is 0 Å². The summed E-state index contributed by atoms with van der Waals surface area (Å²) in [7, 11) is 0. The zero-order valence-corrected chi connectivity index (χ0v) is 11.6. The maximum absolute atomic E-state index is 10.8. The van der Waals surface area contributed by atoms with E-state index in [9.17, 15) is 14.4 Å². The van der Waals surface area contributed by atoms with E-state index in [1.807, 2.05) is 19.1 Å². The number of hydrogen-bond acceptors (Lipinski definition) is 4. The molecule has 1 N–H and O–H groups in total. The van der Waals surface area contributed by atoms with Gasteiger partial charge in [0.2, 0.25) is 0 Å². The molecule has 2 rings (SSSR count). The van der Waals surface area contributed by atoms with Gasteiger partial charge in [-0.05, 0) is 37.6 Å². The highest BCUT2D eigenvalue weighted by Crippen LogP contribution is 2.02. The maximum atomic E-state index is 10.8. The van der Waals surface area contributed by atoms with Crippen molar-refractivity contribution in [2.75, 3.05) is 0 Å². The molecule has 0 unspecified atom stereocenters. The van der Waals surface area contributed by atoms with Crippen LogP contribution in [0, 0.1) is 6.92 Å². The van der Waals surface area contributed by atoms with Crippen molar-refractivity contribution in [1.29, 1.82) is 0 Å². The normalized spacial score (nSPS) is 9.35. The number of ketones is 2. The number of rotatable bonds is 2. The van der Waals surface area contributed by atoms with Crippen LogP contribution in [0.3, 0.4) is 0 Å². The third kappa shape index (κ3) is 4.28. The molecular weight excluding hydrogens is 256 g/mol. The van der Waals surface area contributed by atoms with Crippen LogP contribution in [0.5, 0.6) is 0 Å². The first-order valence-corrected chi connectivity index (χ1v) is 6.04. The Morgan fingerprint density at radius 1 is 1.10 bits per heavy atom. The maximum Gasteiger partial charge on any atom is 0.258 e. The topological polar surface area (TPSA) is 79.9 Å². The lowest BCUT2D eigenvalue weighted by molar-refractivity contribution is 0.100. The van der Waals surface area contributed by atoms with E-state index in [-0.39, 0.29) is 22.7 Å². The van der Waals surface area contributed by atoms with Crippen LogP contribution >= 0.6 is 0 Å². The predicted molar refractivity (Wildman–Crippen MR) is 76.0 cm³/mol. The Morgan fingerprint density at radius 3 is 2.20 bits per heavy atom. The minimum atomic E-state index is -0.324. The Bertz CT molecular complexity index is 675. The molecule has 2 aromatic heterocycles. The van der Waals surface area contributed by atoms with Gasteiger partial charge in [0, 0.05) is 19.3 Å². The molecule has 0 bridgehead atoms. The van der Waals surface area contributed by atoms with Crippen LogP contribution in [0.25, 0.3) is 0 Å². The fourth-order valence-corrected chi connectivity index (χ4v) is 1.55. The van der Waals surface area contributed by atoms with E-state index in [1.165, 1.54) is 26.1 Å². The number of hydrogen-bond donors (Lipinski definition) is 1. The summed E-state index contributed by atoms with van der Waals surface area (Å²) in [5.41, 5.74) is 1.40. The average molecular weight is 272 g/mol. The van der Waals surface area contributed by atoms with E-state index in [1.54, 1.807) is 12.3 Å². The van der Waals surface area contributed by atoms with Gasteiger partial charge in [0.25, 0.3) is 5.56 Å². The Kier molecular flexibility index (Phi) is 5.53. The number of aromatic amines is 1. The number of H-pyrrole nitrogens is 1. The summed E-state index contributed by atoms with van der Waals surface area (Å²) in [4.78, 5) is 38.6. The Hall–Kier alpha value is -2.56. The lowest BCUT2D eigenvalue weighted by Crippen LogP contribution is -2.14. The lowest BCUT2D eigenvalue weighted by Gasteiger charge is -1.96. The number of aromatic nitrogens is 2. The molecule has 0 fully saturated rings. The van der Waals surface area contributed by atoms with Gasteiger partial charge in [0.1, 0.15) is 5.69 Å². The largest absolute Gasteiger partial charge is 0.328 e. The van der Waals surface area contributed by atoms with E-state index in [4.69, 9.17) is 0 Å². The molecule has 5 nitrogen and oxygen atoms in total. The molecule has 0 aromatic carbocycles. The van der Waals surface area contributed by atoms with E-state index in [0.29, 0.717) is 5.69 Å². The van der Waals surface area contributed by atoms with Gasteiger partial charge in [-0.1, -0.05) is 6.07 Å². The zero-order valence-electron chi connectivity index (χ0n) is 11.6. The van der Waals surface area contributed by atoms with E-state index >= 15 is 0 Å². The standard InChI is InChI=1S/C8H9NO.C7H7NO2/c1-6-4-3-5-9-8(6)7(2)10;1-5(9)6-3-2-4-8-7(6)10/h3-5H,1-2H3;2-4H,1H3,(H,8,10). The fourth-order valence-electron chi connectivity index (χ4n) is 1.55. The van der Waals surface area contributed by atoms with Crippen molar-refractivity contribution >= 4 is 11.6 Å². The van der Waals surface area contributed by atoms with Crippen LogP contribution in [0.2, 0.25) is 0 Å². The second-order valence-corrected chi connectivity index (χ2v) is 4.19. The van der Waals surface area contributed by atoms with Crippen LogP contribution < -0.4 is 5.56 Å². The molecule has 5 heteroatoms. The van der Waals surface area contributed by atoms with Gasteiger partial charge < -0.3 is 4.98 Å². The monoisotopic (exact) mass is 272 g/mol. The molecule has 2 heterocycles. The van der Waals surface area contributed by atoms with Crippen molar-refractivity contribution in [2.45, 2.75) is 20.8 Å². The molecule has 0 aliphatic heterocycles. The molecule has 104 valence electrons. The molecule has 0 aliphatic carbocycles. The van der Waals surface area contributed by atoms with Gasteiger partial charge in [-0.25, -0.2) is 0 Å². The Labute approximate surface area is 116 Å². The quantitative estimate of drug-likeness (QED) is 0.850. The van der Waals surface area contributed by atoms with Crippen LogP contribution in [0.15, 0.2) is 41.5 Å². The first-order chi connectivity index (χ1) is 9.43. The summed E-state index contributed by atoms with van der Waals surface area (Å²) in [5, 5.41) is 0. The van der Waals surface area contributed by atoms with Crippen molar-refractivity contribution in [2.24, 2.45) is 0 Å². The van der Waals surface area contributed by atoms with Crippen molar-refractivity contribution in [3.05, 3.63) is 63.8 Å². The van der Waals surface area contributed by atoms with Crippen molar-refractivity contribution in [3.63, 3.8) is 0 Å². The molecule has 0 spiro atoms. The Morgan fingerprint density at radius 2 is 1.80 bits per heavy atom. The summed E-state index contributed by atoms with van der Waals surface area (Å²) >= 11 is 0. The molecule has 2 aromatic rings. The second-order valence-electron chi connectivity index (χ2n) is 4.19. The van der Waals surface area contributed by atoms with Crippen LogP contribution in [0.4, 0.5) is 0 Å². The first kappa shape index (κ1) is 15.5. The Balaban J connectivity index is 0.000000200. The number of pyridine rings is 2. The number of carbonyl (C=O) groups is 2. The van der Waals surface area contributed by atoms with Gasteiger partial charge in [-0.2, -0.15) is 0 Å². The molecule has 0 saturated heterocycles. The van der Waals surface area contributed by atoms with Crippen molar-refractivity contribution in [1.82, 2.24) is 9.97 Å². The van der Waals surface area contributed by atoms with E-state index in [0.717, 1.165) is 5.56 Å². The predicted octanol–water partition coefficient (Wildman–Crippen LogP) is 2.17. The van der Waals surface area contributed by atoms with Gasteiger partial charge >= 0.3 is 0 Å². The van der Waals surface area contributed by atoms with E-state index < -0.39 is 0 Å². The molecule has 0 saturated carbocycles. The molecule has 0 radical (unpaired) electrons. The zero-order chi connectivity index (χ0) is 15.1. The highest BCUT2D eigenvalue weighted by Gasteiger charge is 2.02. The van der Waals surface area contributed by atoms with Crippen LogP contribution in [-0.4, -0.2) is 21.5 Å². The highest BCUT2D eigenvalue weighted by molar-refractivity contribution is 5.93. The molecular formula is C15H16N2O3. The highest BCUT2D eigenvalue weighted by atomic mass is 16.1. The van der Waals surface area contributed by atoms with Crippen LogP contribution in [-0.2, 0) is 0 Å². The number of Topliss-reactive ketones (excluding diaryl/α,β-unsaturated/α-hetero) is 2. The average Bonchev–Trinajstić information content (AvgIpc) is 2.40. The summed E-state index contributed by atoms with van der Waals surface area (Å²) in [5.74, 6) is -0.181. The van der Waals surface area contributed by atoms with Crippen molar-refractivity contribution < 1.29 is 9.59 Å². The van der Waals surface area contributed by atoms with E-state index in [2.05, 4.69) is 9.97 Å². The number of nitrogens with one attached hydrogen (secondary N) is 1. The molecule has 20 heavy (non-hydrogen) atoms. The minimum absolute atomic E-state index is 0.0260. The fraction of sp³-hybridized carbons (Fsp3) is 0.200. The number of aryl methyl sites for hydroxylation is 1. The van der Waals surface area contributed by atoms with Gasteiger partial charge in [-0.15, -0.1) is 0 Å². The van der Waals surface area contributed by atoms with Gasteiger partial charge in [-0.3, -0.25) is 19.4 Å². The summed E-state index contributed by atoms with van der Waals surface area (Å²) in [6.45, 7) is 4.77. The SMILES string of the molecule is CC(=O)c1ccc[nH]c1=O.CC(=O)c1ncccc1C.